The van der Waals surface area contributed by atoms with E-state index in [-0.39, 0.29) is 24.0 Å². The molecule has 28 heavy (non-hydrogen) atoms. The van der Waals surface area contributed by atoms with E-state index in [2.05, 4.69) is 16.4 Å². The Morgan fingerprint density at radius 2 is 1.68 bits per heavy atom. The van der Waals surface area contributed by atoms with Crippen molar-refractivity contribution < 1.29 is 19.1 Å². The van der Waals surface area contributed by atoms with Crippen LogP contribution in [0.15, 0.2) is 24.3 Å². The van der Waals surface area contributed by atoms with Crippen LogP contribution in [-0.4, -0.2) is 42.2 Å². The molecular formula is C22H28N2O4. The fourth-order valence-corrected chi connectivity index (χ4v) is 4.75. The lowest BCUT2D eigenvalue weighted by molar-refractivity contribution is -0.171. The van der Waals surface area contributed by atoms with Crippen LogP contribution in [0.1, 0.15) is 51.3 Å². The fourth-order valence-electron chi connectivity index (χ4n) is 4.75. The summed E-state index contributed by atoms with van der Waals surface area (Å²) in [7, 11) is 0. The summed E-state index contributed by atoms with van der Waals surface area (Å²) in [6.07, 6.45) is -0.242. The predicted molar refractivity (Wildman–Crippen MR) is 106 cm³/mol. The second-order valence-corrected chi connectivity index (χ2v) is 8.50. The summed E-state index contributed by atoms with van der Waals surface area (Å²) in [6.45, 7) is 8.81. The molecule has 2 N–H and O–H groups in total. The highest BCUT2D eigenvalue weighted by atomic mass is 16.6. The Morgan fingerprint density at radius 3 is 2.32 bits per heavy atom. The maximum absolute atomic E-state index is 13.4. The molecule has 0 spiro atoms. The Hall–Kier alpha value is -2.34. The van der Waals surface area contributed by atoms with Gasteiger partial charge in [-0.25, -0.2) is 0 Å². The molecule has 4 rings (SSSR count). The molecule has 150 valence electrons. The number of ether oxygens (including phenoxy) is 2. The zero-order chi connectivity index (χ0) is 20.1. The molecule has 0 unspecified atom stereocenters. The summed E-state index contributed by atoms with van der Waals surface area (Å²) in [5.41, 5.74) is 1.17. The van der Waals surface area contributed by atoms with Gasteiger partial charge in [0.15, 0.2) is 0 Å². The molecule has 2 aromatic rings. The number of rotatable bonds is 4. The molecule has 2 aliphatic rings. The van der Waals surface area contributed by atoms with Gasteiger partial charge in [-0.3, -0.25) is 9.59 Å². The summed E-state index contributed by atoms with van der Waals surface area (Å²) in [6, 6.07) is 7.98. The Balaban J connectivity index is 1.96. The second-order valence-electron chi connectivity index (χ2n) is 8.50. The van der Waals surface area contributed by atoms with E-state index in [9.17, 15) is 9.59 Å². The van der Waals surface area contributed by atoms with Gasteiger partial charge in [0.05, 0.1) is 12.2 Å². The van der Waals surface area contributed by atoms with Crippen LogP contribution in [0.2, 0.25) is 0 Å². The topological polar surface area (TPSA) is 80.4 Å². The first-order valence-electron chi connectivity index (χ1n) is 10.1. The van der Waals surface area contributed by atoms with E-state index in [1.165, 1.54) is 0 Å². The first-order chi connectivity index (χ1) is 13.3. The molecule has 1 aliphatic heterocycles. The number of H-pyrrole nitrogens is 1. The van der Waals surface area contributed by atoms with E-state index < -0.39 is 17.4 Å². The normalized spacial score (nSPS) is 22.9. The number of hydrogen-bond acceptors (Lipinski definition) is 5. The minimum Gasteiger partial charge on any atom is -0.462 e. The third-order valence-electron chi connectivity index (χ3n) is 5.83. The molecule has 1 saturated heterocycles. The van der Waals surface area contributed by atoms with E-state index in [4.69, 9.17) is 9.47 Å². The maximum atomic E-state index is 13.4. The molecule has 0 amide bonds. The standard InChI is InChI=1S/C22H28N2O4/c1-12(2)27-20(25)22(21(26)28-13(3)4)9-14-10-23-11-16(14)18-15-7-5-6-8-17(15)24-19(18)22/h5-8,12-14,16,23-24H,9-11H2,1-4H3/t14-,16+/m0/s1. The van der Waals surface area contributed by atoms with Crippen LogP contribution in [0.3, 0.4) is 0 Å². The van der Waals surface area contributed by atoms with Crippen molar-refractivity contribution in [3.05, 3.63) is 35.5 Å². The van der Waals surface area contributed by atoms with Gasteiger partial charge < -0.3 is 19.8 Å². The van der Waals surface area contributed by atoms with Gasteiger partial charge in [0.2, 0.25) is 5.41 Å². The van der Waals surface area contributed by atoms with Crippen LogP contribution in [0.5, 0.6) is 0 Å². The van der Waals surface area contributed by atoms with Crippen molar-refractivity contribution in [3.63, 3.8) is 0 Å². The molecule has 1 aromatic carbocycles. The largest absolute Gasteiger partial charge is 0.462 e. The SMILES string of the molecule is CC(C)OC(=O)C1(C(=O)OC(C)C)C[C@H]2CNC[C@H]2c2c1[nH]c1ccccc21. The van der Waals surface area contributed by atoms with E-state index in [0.717, 1.165) is 29.6 Å². The van der Waals surface area contributed by atoms with Gasteiger partial charge in [-0.1, -0.05) is 18.2 Å². The molecular weight excluding hydrogens is 356 g/mol. The van der Waals surface area contributed by atoms with Crippen molar-refractivity contribution in [1.82, 2.24) is 10.3 Å². The van der Waals surface area contributed by atoms with E-state index in [1.807, 2.05) is 18.2 Å². The highest BCUT2D eigenvalue weighted by Gasteiger charge is 2.59. The number of para-hydroxylation sites is 1. The number of carbonyl (C=O) groups excluding carboxylic acids is 2. The van der Waals surface area contributed by atoms with Crippen molar-refractivity contribution in [3.8, 4) is 0 Å². The monoisotopic (exact) mass is 384 g/mol. The Kier molecular flexibility index (Phi) is 4.70. The van der Waals surface area contributed by atoms with Crippen LogP contribution < -0.4 is 5.32 Å². The fraction of sp³-hybridized carbons (Fsp3) is 0.545. The van der Waals surface area contributed by atoms with E-state index >= 15 is 0 Å². The molecule has 1 aromatic heterocycles. The zero-order valence-corrected chi connectivity index (χ0v) is 16.9. The van der Waals surface area contributed by atoms with Gasteiger partial charge in [0.25, 0.3) is 0 Å². The number of fused-ring (bicyclic) bond motifs is 5. The second kappa shape index (κ2) is 6.92. The minimum absolute atomic E-state index is 0.172. The predicted octanol–water partition coefficient (Wildman–Crippen LogP) is 3.02. The van der Waals surface area contributed by atoms with Gasteiger partial charge >= 0.3 is 11.9 Å². The summed E-state index contributed by atoms with van der Waals surface area (Å²) in [5.74, 6) is -0.610. The number of esters is 2. The van der Waals surface area contributed by atoms with E-state index in [0.29, 0.717) is 12.1 Å². The number of carbonyl (C=O) groups is 2. The van der Waals surface area contributed by atoms with Gasteiger partial charge in [0, 0.05) is 29.1 Å². The molecule has 2 heterocycles. The van der Waals surface area contributed by atoms with Gasteiger partial charge in [-0.15, -0.1) is 0 Å². The first-order valence-corrected chi connectivity index (χ1v) is 10.1. The molecule has 6 heteroatoms. The van der Waals surface area contributed by atoms with Crippen molar-refractivity contribution in [1.29, 1.82) is 0 Å². The number of aromatic amines is 1. The Labute approximate surface area is 165 Å². The molecule has 0 radical (unpaired) electrons. The number of hydrogen-bond donors (Lipinski definition) is 2. The molecule has 0 saturated carbocycles. The maximum Gasteiger partial charge on any atom is 0.329 e. The van der Waals surface area contributed by atoms with Crippen molar-refractivity contribution in [2.75, 3.05) is 13.1 Å². The summed E-state index contributed by atoms with van der Waals surface area (Å²) >= 11 is 0. The van der Waals surface area contributed by atoms with Gasteiger partial charge in [0.1, 0.15) is 0 Å². The molecule has 6 nitrogen and oxygen atoms in total. The number of aromatic nitrogens is 1. The average Bonchev–Trinajstić information content (AvgIpc) is 3.23. The quantitative estimate of drug-likeness (QED) is 0.626. The van der Waals surface area contributed by atoms with Crippen molar-refractivity contribution >= 4 is 22.8 Å². The summed E-state index contributed by atoms with van der Waals surface area (Å²) < 4.78 is 11.2. The molecule has 1 fully saturated rings. The molecule has 0 bridgehead atoms. The highest BCUT2D eigenvalue weighted by Crippen LogP contribution is 2.51. The van der Waals surface area contributed by atoms with Crippen LogP contribution in [0.25, 0.3) is 10.9 Å². The molecule has 2 atom stereocenters. The lowest BCUT2D eigenvalue weighted by Gasteiger charge is -2.39. The third kappa shape index (κ3) is 2.82. The smallest absolute Gasteiger partial charge is 0.329 e. The zero-order valence-electron chi connectivity index (χ0n) is 16.9. The van der Waals surface area contributed by atoms with Crippen LogP contribution in [0, 0.1) is 5.92 Å². The van der Waals surface area contributed by atoms with Crippen molar-refractivity contribution in [2.45, 2.75) is 57.7 Å². The minimum atomic E-state index is -1.46. The van der Waals surface area contributed by atoms with Crippen LogP contribution >= 0.6 is 0 Å². The number of nitrogens with one attached hydrogen (secondary N) is 2. The first kappa shape index (κ1) is 19.0. The van der Waals surface area contributed by atoms with E-state index in [1.54, 1.807) is 27.7 Å². The average molecular weight is 384 g/mol. The highest BCUT2D eigenvalue weighted by molar-refractivity contribution is 6.08. The third-order valence-corrected chi connectivity index (χ3v) is 5.83. The van der Waals surface area contributed by atoms with Gasteiger partial charge in [-0.05, 0) is 58.2 Å². The lowest BCUT2D eigenvalue weighted by Crippen LogP contribution is -2.52. The lowest BCUT2D eigenvalue weighted by atomic mass is 9.65. The Bertz CT molecular complexity index is 892. The van der Waals surface area contributed by atoms with Gasteiger partial charge in [-0.2, -0.15) is 0 Å². The van der Waals surface area contributed by atoms with Crippen LogP contribution in [-0.2, 0) is 24.5 Å². The summed E-state index contributed by atoms with van der Waals surface area (Å²) in [5, 5.41) is 4.50. The van der Waals surface area contributed by atoms with Crippen LogP contribution in [0.4, 0.5) is 0 Å². The number of benzene rings is 1. The van der Waals surface area contributed by atoms with Crippen molar-refractivity contribution in [2.24, 2.45) is 5.92 Å². The summed E-state index contributed by atoms with van der Waals surface area (Å²) in [4.78, 5) is 30.2. The Morgan fingerprint density at radius 1 is 1.04 bits per heavy atom. The molecule has 1 aliphatic carbocycles.